The SMILES string of the molecule is CC(CCN)C1Cc2ccccc2N(c2ccccc2)S1(O)O. The molecule has 0 amide bonds. The van der Waals surface area contributed by atoms with Crippen molar-refractivity contribution >= 4 is 22.2 Å². The number of hydrogen-bond donors (Lipinski definition) is 3. The van der Waals surface area contributed by atoms with Gasteiger partial charge in [-0.05, 0) is 49.1 Å². The summed E-state index contributed by atoms with van der Waals surface area (Å²) in [5.74, 6) is 0.143. The van der Waals surface area contributed by atoms with E-state index >= 15 is 0 Å². The molecule has 23 heavy (non-hydrogen) atoms. The average Bonchev–Trinajstić information content (AvgIpc) is 2.54. The Hall–Kier alpha value is -1.53. The topological polar surface area (TPSA) is 69.7 Å². The summed E-state index contributed by atoms with van der Waals surface area (Å²) in [5, 5.41) is -0.221. The van der Waals surface area contributed by atoms with Gasteiger partial charge >= 0.3 is 0 Å². The Bertz CT molecular complexity index is 663. The lowest BCUT2D eigenvalue weighted by Gasteiger charge is -2.54. The van der Waals surface area contributed by atoms with Crippen LogP contribution in [0.1, 0.15) is 18.9 Å². The van der Waals surface area contributed by atoms with Crippen LogP contribution in [0.3, 0.4) is 0 Å². The minimum Gasteiger partial charge on any atom is -0.330 e. The lowest BCUT2D eigenvalue weighted by atomic mass is 9.96. The van der Waals surface area contributed by atoms with Gasteiger partial charge in [-0.1, -0.05) is 43.3 Å². The summed E-state index contributed by atoms with van der Waals surface area (Å²) in [5.41, 5.74) is 8.54. The first-order chi connectivity index (χ1) is 11.1. The predicted octanol–water partition coefficient (Wildman–Crippen LogP) is 4.40. The minimum atomic E-state index is -2.97. The third-order valence-corrected chi connectivity index (χ3v) is 6.94. The van der Waals surface area contributed by atoms with Crippen LogP contribution in [0.5, 0.6) is 0 Å². The summed E-state index contributed by atoms with van der Waals surface area (Å²) < 4.78 is 24.0. The standard InChI is InChI=1S/C18H24N2O2S/c1-14(11-12-19)18-13-15-7-5-6-10-17(15)20(23(18,21)22)16-8-3-2-4-9-16/h2-10,14,18,21-22H,11-13,19H2,1H3. The van der Waals surface area contributed by atoms with Gasteiger partial charge in [0.2, 0.25) is 0 Å². The van der Waals surface area contributed by atoms with E-state index in [2.05, 4.69) is 13.0 Å². The zero-order valence-electron chi connectivity index (χ0n) is 13.3. The van der Waals surface area contributed by atoms with E-state index in [1.165, 1.54) is 0 Å². The van der Waals surface area contributed by atoms with E-state index in [-0.39, 0.29) is 11.2 Å². The second kappa shape index (κ2) is 6.53. The van der Waals surface area contributed by atoms with E-state index in [0.29, 0.717) is 13.0 Å². The van der Waals surface area contributed by atoms with Gasteiger partial charge in [0.25, 0.3) is 0 Å². The normalized spacial score (nSPS) is 22.3. The zero-order valence-corrected chi connectivity index (χ0v) is 14.1. The van der Waals surface area contributed by atoms with Crippen LogP contribution >= 0.6 is 10.8 Å². The van der Waals surface area contributed by atoms with E-state index in [1.807, 2.05) is 48.5 Å². The molecule has 0 radical (unpaired) electrons. The highest BCUT2D eigenvalue weighted by Crippen LogP contribution is 2.61. The second-order valence-electron chi connectivity index (χ2n) is 6.12. The van der Waals surface area contributed by atoms with Crippen molar-refractivity contribution in [2.45, 2.75) is 25.0 Å². The molecule has 1 heterocycles. The molecular weight excluding hydrogens is 308 g/mol. The van der Waals surface area contributed by atoms with Crippen molar-refractivity contribution < 1.29 is 9.11 Å². The largest absolute Gasteiger partial charge is 0.330 e. The highest BCUT2D eigenvalue weighted by molar-refractivity contribution is 8.26. The molecule has 0 spiro atoms. The lowest BCUT2D eigenvalue weighted by Crippen LogP contribution is -2.41. The maximum atomic E-state index is 11.1. The van der Waals surface area contributed by atoms with Crippen LogP contribution < -0.4 is 10.0 Å². The van der Waals surface area contributed by atoms with Crippen molar-refractivity contribution in [3.05, 3.63) is 60.2 Å². The average molecular weight is 332 g/mol. The molecule has 0 bridgehead atoms. The van der Waals surface area contributed by atoms with E-state index < -0.39 is 10.8 Å². The maximum absolute atomic E-state index is 11.1. The first-order valence-electron chi connectivity index (χ1n) is 7.96. The molecule has 2 atom stereocenters. The third kappa shape index (κ3) is 2.97. The molecule has 4 nitrogen and oxygen atoms in total. The summed E-state index contributed by atoms with van der Waals surface area (Å²) in [6.07, 6.45) is 1.45. The fourth-order valence-corrected chi connectivity index (χ4v) is 5.64. The van der Waals surface area contributed by atoms with Crippen LogP contribution in [0, 0.1) is 5.92 Å². The van der Waals surface area contributed by atoms with Gasteiger partial charge in [0.15, 0.2) is 0 Å². The van der Waals surface area contributed by atoms with Crippen LogP contribution in [0.2, 0.25) is 0 Å². The van der Waals surface area contributed by atoms with Crippen molar-refractivity contribution in [2.24, 2.45) is 11.7 Å². The van der Waals surface area contributed by atoms with Gasteiger partial charge in [-0.15, -0.1) is 10.8 Å². The number of rotatable bonds is 4. The molecule has 5 heteroatoms. The predicted molar refractivity (Wildman–Crippen MR) is 98.2 cm³/mol. The molecule has 4 N–H and O–H groups in total. The van der Waals surface area contributed by atoms with Gasteiger partial charge in [0.1, 0.15) is 0 Å². The zero-order chi connectivity index (χ0) is 16.4. The highest BCUT2D eigenvalue weighted by Gasteiger charge is 2.41. The van der Waals surface area contributed by atoms with Crippen LogP contribution in [0.15, 0.2) is 54.6 Å². The molecule has 2 aromatic carbocycles. The van der Waals surface area contributed by atoms with Crippen LogP contribution in [-0.4, -0.2) is 20.9 Å². The number of benzene rings is 2. The van der Waals surface area contributed by atoms with Crippen LogP contribution in [0.25, 0.3) is 0 Å². The van der Waals surface area contributed by atoms with Gasteiger partial charge in [0.05, 0.1) is 16.6 Å². The molecule has 0 aromatic heterocycles. The number of nitrogens with two attached hydrogens (primary N) is 1. The first kappa shape index (κ1) is 16.3. The number of hydrogen-bond acceptors (Lipinski definition) is 4. The van der Waals surface area contributed by atoms with Crippen molar-refractivity contribution in [1.29, 1.82) is 0 Å². The minimum absolute atomic E-state index is 0.143. The summed E-state index contributed by atoms with van der Waals surface area (Å²) >= 11 is 0. The Morgan fingerprint density at radius 1 is 1.13 bits per heavy atom. The smallest absolute Gasteiger partial charge is 0.0759 e. The molecule has 1 aliphatic heterocycles. The fraction of sp³-hybridized carbons (Fsp3) is 0.333. The van der Waals surface area contributed by atoms with E-state index in [1.54, 1.807) is 4.31 Å². The molecule has 2 aromatic rings. The van der Waals surface area contributed by atoms with Crippen molar-refractivity contribution in [2.75, 3.05) is 10.8 Å². The Morgan fingerprint density at radius 3 is 2.48 bits per heavy atom. The Morgan fingerprint density at radius 2 is 1.78 bits per heavy atom. The quantitative estimate of drug-likeness (QED) is 0.776. The summed E-state index contributed by atoms with van der Waals surface area (Å²) in [6.45, 7) is 2.61. The maximum Gasteiger partial charge on any atom is 0.0759 e. The molecule has 2 unspecified atom stereocenters. The van der Waals surface area contributed by atoms with Crippen LogP contribution in [0.4, 0.5) is 11.4 Å². The molecule has 1 aliphatic rings. The Labute approximate surface area is 139 Å². The monoisotopic (exact) mass is 332 g/mol. The second-order valence-corrected chi connectivity index (χ2v) is 8.21. The van der Waals surface area contributed by atoms with E-state index in [4.69, 9.17) is 5.73 Å². The molecule has 3 rings (SSSR count). The Balaban J connectivity index is 2.11. The summed E-state index contributed by atoms with van der Waals surface area (Å²) in [6, 6.07) is 17.6. The number of fused-ring (bicyclic) bond motifs is 1. The summed E-state index contributed by atoms with van der Waals surface area (Å²) in [7, 11) is -2.97. The van der Waals surface area contributed by atoms with Gasteiger partial charge in [-0.25, -0.2) is 4.31 Å². The van der Waals surface area contributed by atoms with Gasteiger partial charge in [0, 0.05) is 0 Å². The molecular formula is C18H24N2O2S. The Kier molecular flexibility index (Phi) is 4.64. The van der Waals surface area contributed by atoms with Gasteiger partial charge in [-0.3, -0.25) is 9.11 Å². The van der Waals surface area contributed by atoms with Gasteiger partial charge < -0.3 is 5.73 Å². The van der Waals surface area contributed by atoms with Crippen molar-refractivity contribution in [3.8, 4) is 0 Å². The third-order valence-electron chi connectivity index (χ3n) is 4.55. The highest BCUT2D eigenvalue weighted by atomic mass is 32.3. The summed E-state index contributed by atoms with van der Waals surface area (Å²) in [4.78, 5) is 0. The molecule has 124 valence electrons. The van der Waals surface area contributed by atoms with Crippen molar-refractivity contribution in [3.63, 3.8) is 0 Å². The number of para-hydroxylation sites is 2. The van der Waals surface area contributed by atoms with Crippen LogP contribution in [-0.2, 0) is 6.42 Å². The molecule has 0 saturated heterocycles. The fourth-order valence-electron chi connectivity index (χ4n) is 3.31. The molecule has 0 saturated carbocycles. The lowest BCUT2D eigenvalue weighted by molar-refractivity contribution is 0.414. The van der Waals surface area contributed by atoms with E-state index in [0.717, 1.165) is 23.4 Å². The van der Waals surface area contributed by atoms with Crippen molar-refractivity contribution in [1.82, 2.24) is 0 Å². The molecule has 0 fully saturated rings. The number of nitrogens with zero attached hydrogens (tertiary/aromatic N) is 1. The van der Waals surface area contributed by atoms with Gasteiger partial charge in [-0.2, -0.15) is 0 Å². The molecule has 0 aliphatic carbocycles. The number of anilines is 2. The first-order valence-corrected chi connectivity index (χ1v) is 9.52. The van der Waals surface area contributed by atoms with E-state index in [9.17, 15) is 9.11 Å².